The van der Waals surface area contributed by atoms with Gasteiger partial charge in [0.2, 0.25) is 0 Å². The summed E-state index contributed by atoms with van der Waals surface area (Å²) in [6.45, 7) is 9.78. The zero-order valence-corrected chi connectivity index (χ0v) is 9.86. The van der Waals surface area contributed by atoms with Gasteiger partial charge in [-0.1, -0.05) is 27.7 Å². The van der Waals surface area contributed by atoms with Gasteiger partial charge in [-0.15, -0.1) is 0 Å². The van der Waals surface area contributed by atoms with Gasteiger partial charge in [0.05, 0.1) is 6.54 Å². The van der Waals surface area contributed by atoms with Gasteiger partial charge in [-0.25, -0.2) is 8.78 Å². The van der Waals surface area contributed by atoms with E-state index >= 15 is 0 Å². The van der Waals surface area contributed by atoms with Gasteiger partial charge in [0, 0.05) is 13.0 Å². The predicted molar refractivity (Wildman–Crippen MR) is 56.9 cm³/mol. The molecular formula is C10H23F2NO. The average Bonchev–Trinajstić information content (AvgIpc) is 2.58. The lowest BCUT2D eigenvalue weighted by Gasteiger charge is -2.02. The molecular weight excluding hydrogens is 188 g/mol. The highest BCUT2D eigenvalue weighted by molar-refractivity contribution is 5.44. The van der Waals surface area contributed by atoms with Crippen LogP contribution in [0.1, 0.15) is 41.0 Å². The number of carbonyl (C=O) groups is 1. The lowest BCUT2D eigenvalue weighted by atomic mass is 10.3. The first-order valence-corrected chi connectivity index (χ1v) is 5.11. The van der Waals surface area contributed by atoms with Crippen molar-refractivity contribution in [1.29, 1.82) is 0 Å². The molecule has 14 heavy (non-hydrogen) atoms. The second kappa shape index (κ2) is 15.0. The van der Waals surface area contributed by atoms with Crippen molar-refractivity contribution in [2.75, 3.05) is 13.1 Å². The van der Waals surface area contributed by atoms with Gasteiger partial charge >= 0.3 is 0 Å². The van der Waals surface area contributed by atoms with E-state index in [1.54, 1.807) is 0 Å². The minimum Gasteiger partial charge on any atom is -0.311 e. The van der Waals surface area contributed by atoms with Crippen molar-refractivity contribution < 1.29 is 13.6 Å². The minimum absolute atomic E-state index is 0.00694. The maximum atomic E-state index is 11.9. The van der Waals surface area contributed by atoms with Crippen molar-refractivity contribution in [3.8, 4) is 0 Å². The molecule has 0 aromatic rings. The van der Waals surface area contributed by atoms with E-state index < -0.39 is 5.92 Å². The topological polar surface area (TPSA) is 29.1 Å². The molecule has 0 aromatic heterocycles. The number of rotatable bonds is 0. The molecule has 4 heteroatoms. The van der Waals surface area contributed by atoms with Crippen LogP contribution in [0.5, 0.6) is 0 Å². The molecule has 1 aliphatic heterocycles. The van der Waals surface area contributed by atoms with Gasteiger partial charge in [-0.3, -0.25) is 0 Å². The van der Waals surface area contributed by atoms with Crippen LogP contribution >= 0.6 is 0 Å². The van der Waals surface area contributed by atoms with Crippen LogP contribution in [0.15, 0.2) is 0 Å². The molecule has 2 nitrogen and oxygen atoms in total. The Morgan fingerprint density at radius 1 is 1.21 bits per heavy atom. The molecule has 1 fully saturated rings. The number of hydrogen-bond acceptors (Lipinski definition) is 2. The first kappa shape index (κ1) is 19.1. The van der Waals surface area contributed by atoms with Crippen LogP contribution in [0.4, 0.5) is 8.78 Å². The lowest BCUT2D eigenvalue weighted by Crippen LogP contribution is -2.18. The Morgan fingerprint density at radius 2 is 1.57 bits per heavy atom. The van der Waals surface area contributed by atoms with E-state index in [-0.39, 0.29) is 13.0 Å². The molecule has 0 saturated carbocycles. The van der Waals surface area contributed by atoms with Crippen molar-refractivity contribution in [2.45, 2.75) is 47.0 Å². The zero-order valence-electron chi connectivity index (χ0n) is 9.86. The third-order valence-electron chi connectivity index (χ3n) is 1.05. The lowest BCUT2D eigenvalue weighted by molar-refractivity contribution is -0.106. The predicted octanol–water partition coefficient (Wildman–Crippen LogP) is 2.87. The molecule has 88 valence electrons. The maximum absolute atomic E-state index is 11.9. The van der Waals surface area contributed by atoms with Crippen molar-refractivity contribution in [3.05, 3.63) is 0 Å². The van der Waals surface area contributed by atoms with Crippen molar-refractivity contribution in [1.82, 2.24) is 5.32 Å². The van der Waals surface area contributed by atoms with Crippen molar-refractivity contribution in [3.63, 3.8) is 0 Å². The number of carbonyl (C=O) groups excluding carboxylic acids is 1. The fourth-order valence-electron chi connectivity index (χ4n) is 0.631. The van der Waals surface area contributed by atoms with Gasteiger partial charge in [0.1, 0.15) is 6.29 Å². The molecule has 1 aliphatic rings. The van der Waals surface area contributed by atoms with E-state index in [1.165, 1.54) is 6.92 Å². The minimum atomic E-state index is -2.42. The molecule has 0 amide bonds. The van der Waals surface area contributed by atoms with Crippen LogP contribution < -0.4 is 5.32 Å². The highest BCUT2D eigenvalue weighted by Gasteiger charge is 2.32. The Labute approximate surface area is 86.1 Å². The Morgan fingerprint density at radius 3 is 1.64 bits per heavy atom. The van der Waals surface area contributed by atoms with Crippen LogP contribution in [-0.4, -0.2) is 25.3 Å². The molecule has 0 unspecified atom stereocenters. The zero-order chi connectivity index (χ0) is 12.0. The third-order valence-corrected chi connectivity index (χ3v) is 1.05. The van der Waals surface area contributed by atoms with E-state index in [9.17, 15) is 8.78 Å². The number of halogens is 2. The first-order valence-electron chi connectivity index (χ1n) is 5.11. The summed E-state index contributed by atoms with van der Waals surface area (Å²) in [4.78, 5) is 8.81. The van der Waals surface area contributed by atoms with Crippen LogP contribution in [0.3, 0.4) is 0 Å². The van der Waals surface area contributed by atoms with E-state index in [0.717, 1.165) is 6.29 Å². The van der Waals surface area contributed by atoms with Crippen LogP contribution in [0, 0.1) is 0 Å². The molecule has 0 atom stereocenters. The van der Waals surface area contributed by atoms with Gasteiger partial charge < -0.3 is 10.1 Å². The van der Waals surface area contributed by atoms with Crippen LogP contribution in [-0.2, 0) is 4.79 Å². The molecule has 0 aromatic carbocycles. The van der Waals surface area contributed by atoms with Crippen molar-refractivity contribution in [2.24, 2.45) is 0 Å². The monoisotopic (exact) mass is 211 g/mol. The summed E-state index contributed by atoms with van der Waals surface area (Å²) in [7, 11) is 0. The SMILES string of the molecule is CC.CC.CC=O.FC1(F)CCNC1. The molecule has 0 radical (unpaired) electrons. The Hall–Kier alpha value is -0.510. The normalized spacial score (nSPS) is 15.9. The first-order chi connectivity index (χ1) is 6.62. The standard InChI is InChI=1S/C4H7F2N.C2H4O.2C2H6/c5-4(6)1-2-7-3-4;1-2-3;2*1-2/h7H,1-3H2;2H,1H3;2*1-2H3. The summed E-state index contributed by atoms with van der Waals surface area (Å²) in [5, 5.41) is 2.56. The van der Waals surface area contributed by atoms with E-state index in [2.05, 4.69) is 5.32 Å². The summed E-state index contributed by atoms with van der Waals surface area (Å²) in [6, 6.07) is 0. The summed E-state index contributed by atoms with van der Waals surface area (Å²) in [5.74, 6) is -2.42. The van der Waals surface area contributed by atoms with Gasteiger partial charge in [0.15, 0.2) is 0 Å². The van der Waals surface area contributed by atoms with Gasteiger partial charge in [-0.05, 0) is 6.92 Å². The van der Waals surface area contributed by atoms with Crippen molar-refractivity contribution >= 4 is 6.29 Å². The average molecular weight is 211 g/mol. The third kappa shape index (κ3) is 17.5. The molecule has 1 N–H and O–H groups in total. The second-order valence-corrected chi connectivity index (χ2v) is 2.02. The highest BCUT2D eigenvalue weighted by Crippen LogP contribution is 2.19. The molecule has 0 spiro atoms. The number of alkyl halides is 2. The molecule has 1 heterocycles. The Bertz CT molecular complexity index is 100. The Balaban J connectivity index is -0.000000148. The summed E-state index contributed by atoms with van der Waals surface area (Å²) >= 11 is 0. The van der Waals surface area contributed by atoms with Crippen LogP contribution in [0.2, 0.25) is 0 Å². The maximum Gasteiger partial charge on any atom is 0.261 e. The van der Waals surface area contributed by atoms with Gasteiger partial charge in [0.25, 0.3) is 5.92 Å². The fourth-order valence-corrected chi connectivity index (χ4v) is 0.631. The number of aldehydes is 1. The summed E-state index contributed by atoms with van der Waals surface area (Å²) < 4.78 is 23.8. The quantitative estimate of drug-likeness (QED) is 0.624. The fraction of sp³-hybridized carbons (Fsp3) is 0.900. The largest absolute Gasteiger partial charge is 0.311 e. The smallest absolute Gasteiger partial charge is 0.261 e. The van der Waals surface area contributed by atoms with Crippen LogP contribution in [0.25, 0.3) is 0 Å². The van der Waals surface area contributed by atoms with E-state index in [4.69, 9.17) is 4.79 Å². The molecule has 0 aliphatic carbocycles. The van der Waals surface area contributed by atoms with Gasteiger partial charge in [-0.2, -0.15) is 0 Å². The Kier molecular flexibility index (Phi) is 20.5. The summed E-state index contributed by atoms with van der Waals surface area (Å²) in [5.41, 5.74) is 0. The highest BCUT2D eigenvalue weighted by atomic mass is 19.3. The van der Waals surface area contributed by atoms with E-state index in [0.29, 0.717) is 6.54 Å². The molecule has 0 bridgehead atoms. The number of nitrogens with one attached hydrogen (secondary N) is 1. The number of hydrogen-bond donors (Lipinski definition) is 1. The van der Waals surface area contributed by atoms with E-state index in [1.807, 2.05) is 27.7 Å². The summed E-state index contributed by atoms with van der Waals surface area (Å²) in [6.07, 6.45) is 0.757. The second-order valence-electron chi connectivity index (χ2n) is 2.02. The molecule has 1 saturated heterocycles. The molecule has 1 rings (SSSR count).